The van der Waals surface area contributed by atoms with E-state index >= 15 is 0 Å². The normalized spacial score (nSPS) is 14.0. The molecule has 1 aliphatic rings. The average molecular weight is 683 g/mol. The van der Waals surface area contributed by atoms with Crippen LogP contribution in [0.1, 0.15) is 48.7 Å². The molecule has 0 saturated carbocycles. The van der Waals surface area contributed by atoms with Crippen molar-refractivity contribution < 1.29 is 42.9 Å². The van der Waals surface area contributed by atoms with Crippen molar-refractivity contribution in [2.24, 2.45) is 5.92 Å². The van der Waals surface area contributed by atoms with Gasteiger partial charge in [-0.25, -0.2) is 0 Å². The average Bonchev–Trinajstić information content (AvgIpc) is 3.10. The largest absolute Gasteiger partial charge is 0.465 e. The molecule has 0 bridgehead atoms. The van der Waals surface area contributed by atoms with Crippen molar-refractivity contribution in [3.8, 4) is 5.75 Å². The first-order valence-corrected chi connectivity index (χ1v) is 16.4. The number of nitrogens with one attached hydrogen (secondary N) is 1. The zero-order chi connectivity index (χ0) is 36.3. The Bertz CT molecular complexity index is 1750. The van der Waals surface area contributed by atoms with E-state index in [9.17, 15) is 24.0 Å². The highest BCUT2D eigenvalue weighted by Crippen LogP contribution is 2.31. The molecule has 2 amide bonds. The summed E-state index contributed by atoms with van der Waals surface area (Å²) in [4.78, 5) is 68.1. The van der Waals surface area contributed by atoms with Gasteiger partial charge in [-0.05, 0) is 67.7 Å². The highest BCUT2D eigenvalue weighted by molar-refractivity contribution is 6.10. The van der Waals surface area contributed by atoms with Gasteiger partial charge < -0.3 is 29.2 Å². The Morgan fingerprint density at radius 1 is 0.840 bits per heavy atom. The Morgan fingerprint density at radius 2 is 1.46 bits per heavy atom. The predicted octanol–water partition coefficient (Wildman–Crippen LogP) is 5.41. The van der Waals surface area contributed by atoms with E-state index in [0.29, 0.717) is 29.1 Å². The third kappa shape index (κ3) is 8.84. The fourth-order valence-corrected chi connectivity index (χ4v) is 5.31. The maximum Gasteiger partial charge on any atom is 0.331 e. The van der Waals surface area contributed by atoms with Gasteiger partial charge in [0, 0.05) is 14.1 Å². The summed E-state index contributed by atoms with van der Waals surface area (Å²) in [5, 5.41) is 2.85. The quantitative estimate of drug-likeness (QED) is 0.135. The summed E-state index contributed by atoms with van der Waals surface area (Å²) in [6.07, 6.45) is 4.08. The smallest absolute Gasteiger partial charge is 0.331 e. The molecule has 1 N–H and O–H groups in total. The molecule has 1 aliphatic carbocycles. The Kier molecular flexibility index (Phi) is 12.7. The Hall–Kier alpha value is -5.71. The number of allylic oxidation sites excluding steroid dienone is 2. The molecule has 1 unspecified atom stereocenters. The van der Waals surface area contributed by atoms with Crippen LogP contribution in [0.3, 0.4) is 0 Å². The van der Waals surface area contributed by atoms with E-state index in [1.807, 2.05) is 37.3 Å². The molecule has 0 aromatic heterocycles. The number of anilines is 1. The van der Waals surface area contributed by atoms with Crippen LogP contribution in [0.15, 0.2) is 102 Å². The molecule has 3 aromatic carbocycles. The number of benzene rings is 3. The van der Waals surface area contributed by atoms with Crippen LogP contribution >= 0.6 is 0 Å². The van der Waals surface area contributed by atoms with Crippen molar-refractivity contribution in [1.29, 1.82) is 0 Å². The molecule has 0 spiro atoms. The summed E-state index contributed by atoms with van der Waals surface area (Å²) in [6, 6.07) is 21.9. The standard InChI is InChI=1S/C39H42N2O9/c1-6-47-37(45)39(38(46)48-7-2,28-14-10-8-11-15-28)25-49-34(42)24-27-19-20-32(30(23-27)36(44)41(4)5)40-35(43)31-22-26(3)18-21-33(31)50-29-16-12-9-13-17-29/h8-17,19-23,26H,6-7,18,24-25H2,1-5H3,(H,40,43). The molecule has 11 heteroatoms. The van der Waals surface area contributed by atoms with Crippen LogP contribution in [0.25, 0.3) is 0 Å². The number of rotatable bonds is 14. The zero-order valence-electron chi connectivity index (χ0n) is 28.9. The minimum absolute atomic E-state index is 0.0136. The molecular weight excluding hydrogens is 640 g/mol. The van der Waals surface area contributed by atoms with Crippen molar-refractivity contribution in [1.82, 2.24) is 4.90 Å². The summed E-state index contributed by atoms with van der Waals surface area (Å²) in [5.41, 5.74) is -0.700. The van der Waals surface area contributed by atoms with Crippen LogP contribution in [-0.4, -0.2) is 68.5 Å². The van der Waals surface area contributed by atoms with E-state index in [-0.39, 0.29) is 42.4 Å². The van der Waals surface area contributed by atoms with Gasteiger partial charge in [0.15, 0.2) is 0 Å². The fraction of sp³-hybridized carbons (Fsp3) is 0.308. The molecular formula is C39H42N2O9. The molecule has 0 fully saturated rings. The number of nitrogens with zero attached hydrogens (tertiary/aromatic N) is 1. The van der Waals surface area contributed by atoms with E-state index in [2.05, 4.69) is 5.32 Å². The number of ether oxygens (including phenoxy) is 4. The van der Waals surface area contributed by atoms with Gasteiger partial charge in [-0.15, -0.1) is 0 Å². The first-order valence-electron chi connectivity index (χ1n) is 16.4. The molecule has 50 heavy (non-hydrogen) atoms. The van der Waals surface area contributed by atoms with E-state index in [0.717, 1.165) is 0 Å². The molecule has 0 radical (unpaired) electrons. The van der Waals surface area contributed by atoms with E-state index in [4.69, 9.17) is 18.9 Å². The third-order valence-electron chi connectivity index (χ3n) is 7.89. The van der Waals surface area contributed by atoms with Crippen LogP contribution in [-0.2, 0) is 45.2 Å². The molecule has 11 nitrogen and oxygen atoms in total. The summed E-state index contributed by atoms with van der Waals surface area (Å²) < 4.78 is 22.1. The van der Waals surface area contributed by atoms with E-state index in [1.165, 1.54) is 17.0 Å². The summed E-state index contributed by atoms with van der Waals surface area (Å²) in [7, 11) is 3.14. The van der Waals surface area contributed by atoms with Crippen molar-refractivity contribution in [3.05, 3.63) is 119 Å². The minimum Gasteiger partial charge on any atom is -0.465 e. The maximum absolute atomic E-state index is 13.6. The van der Waals surface area contributed by atoms with E-state index < -0.39 is 41.7 Å². The van der Waals surface area contributed by atoms with Crippen molar-refractivity contribution in [3.63, 3.8) is 0 Å². The summed E-state index contributed by atoms with van der Waals surface area (Å²) >= 11 is 0. The lowest BCUT2D eigenvalue weighted by molar-refractivity contribution is -0.170. The summed E-state index contributed by atoms with van der Waals surface area (Å²) in [5.74, 6) is -2.39. The topological polar surface area (TPSA) is 138 Å². The number of para-hydroxylation sites is 1. The van der Waals surface area contributed by atoms with Crippen molar-refractivity contribution in [2.75, 3.05) is 39.2 Å². The van der Waals surface area contributed by atoms with E-state index in [1.54, 1.807) is 76.5 Å². The lowest BCUT2D eigenvalue weighted by Gasteiger charge is -2.29. The molecule has 1 atom stereocenters. The summed E-state index contributed by atoms with van der Waals surface area (Å²) in [6.45, 7) is 4.50. The number of carbonyl (C=O) groups is 5. The third-order valence-corrected chi connectivity index (χ3v) is 7.89. The van der Waals surface area contributed by atoms with Crippen LogP contribution in [0.4, 0.5) is 5.69 Å². The number of hydrogen-bond acceptors (Lipinski definition) is 9. The van der Waals surface area contributed by atoms with Crippen LogP contribution in [0.2, 0.25) is 0 Å². The number of esters is 3. The molecule has 262 valence electrons. The number of hydrogen-bond donors (Lipinski definition) is 1. The van der Waals surface area contributed by atoms with Crippen molar-refractivity contribution >= 4 is 35.4 Å². The Balaban J connectivity index is 1.57. The second-order valence-electron chi connectivity index (χ2n) is 11.9. The van der Waals surface area contributed by atoms with Gasteiger partial charge in [-0.2, -0.15) is 0 Å². The van der Waals surface area contributed by atoms with Crippen LogP contribution in [0.5, 0.6) is 5.75 Å². The molecule has 4 rings (SSSR count). The fourth-order valence-electron chi connectivity index (χ4n) is 5.31. The van der Waals surface area contributed by atoms with Gasteiger partial charge in [0.05, 0.1) is 36.5 Å². The first kappa shape index (κ1) is 37.1. The second-order valence-corrected chi connectivity index (χ2v) is 11.9. The van der Waals surface area contributed by atoms with Crippen molar-refractivity contribution in [2.45, 2.75) is 39.0 Å². The van der Waals surface area contributed by atoms with Gasteiger partial charge in [-0.1, -0.05) is 67.6 Å². The van der Waals surface area contributed by atoms with Gasteiger partial charge in [-0.3, -0.25) is 24.0 Å². The molecule has 0 heterocycles. The van der Waals surface area contributed by atoms with Gasteiger partial charge in [0.1, 0.15) is 18.1 Å². The lowest BCUT2D eigenvalue weighted by Crippen LogP contribution is -2.50. The van der Waals surface area contributed by atoms with Gasteiger partial charge >= 0.3 is 17.9 Å². The Labute approximate surface area is 291 Å². The monoisotopic (exact) mass is 682 g/mol. The maximum atomic E-state index is 13.6. The SMILES string of the molecule is CCOC(=O)C(COC(=O)Cc1ccc(NC(=O)C2=CC(C)CC=C2Oc2ccccc2)c(C(=O)N(C)C)c1)(C(=O)OCC)c1ccccc1. The molecule has 0 saturated heterocycles. The van der Waals surface area contributed by atoms with Gasteiger partial charge in [0.25, 0.3) is 11.8 Å². The first-order chi connectivity index (χ1) is 24.0. The number of amides is 2. The van der Waals surface area contributed by atoms with Crippen LogP contribution < -0.4 is 10.1 Å². The molecule has 3 aromatic rings. The van der Waals surface area contributed by atoms with Gasteiger partial charge in [0.2, 0.25) is 5.41 Å². The second kappa shape index (κ2) is 17.1. The number of carbonyl (C=O) groups excluding carboxylic acids is 5. The zero-order valence-corrected chi connectivity index (χ0v) is 28.9. The molecule has 0 aliphatic heterocycles. The Morgan fingerprint density at radius 3 is 2.06 bits per heavy atom. The lowest BCUT2D eigenvalue weighted by atomic mass is 9.81. The van der Waals surface area contributed by atoms with Crippen LogP contribution in [0, 0.1) is 5.92 Å². The minimum atomic E-state index is -2.05. The highest BCUT2D eigenvalue weighted by atomic mass is 16.6. The highest BCUT2D eigenvalue weighted by Gasteiger charge is 2.52. The predicted molar refractivity (Wildman–Crippen MR) is 186 cm³/mol.